The molecule has 0 aliphatic heterocycles. The maximum absolute atomic E-state index is 13.3. The second-order valence-corrected chi connectivity index (χ2v) is 15.1. The summed E-state index contributed by atoms with van der Waals surface area (Å²) < 4.78 is 0. The molecule has 302 valence electrons. The second-order valence-electron chi connectivity index (χ2n) is 15.1. The van der Waals surface area contributed by atoms with E-state index in [0.717, 1.165) is 55.2 Å². The van der Waals surface area contributed by atoms with Gasteiger partial charge in [-0.25, -0.2) is 0 Å². The van der Waals surface area contributed by atoms with Gasteiger partial charge in [0.2, 0.25) is 17.7 Å². The van der Waals surface area contributed by atoms with E-state index in [1.54, 1.807) is 21.1 Å². The van der Waals surface area contributed by atoms with E-state index in [9.17, 15) is 14.4 Å². The molecule has 0 aromatic heterocycles. The number of likely N-dealkylation sites (N-methyl/N-ethyl adjacent to an activating group) is 3. The molecule has 3 aromatic rings. The molecule has 3 rings (SSSR count). The van der Waals surface area contributed by atoms with Crippen molar-refractivity contribution in [2.75, 3.05) is 56.7 Å². The summed E-state index contributed by atoms with van der Waals surface area (Å²) in [5.74, 6) is -0.493. The topological polar surface area (TPSA) is 201 Å². The Morgan fingerprint density at radius 3 is 0.891 bits per heavy atom. The van der Waals surface area contributed by atoms with Crippen LogP contribution in [0.15, 0.2) is 72.8 Å². The maximum atomic E-state index is 13.3. The molecule has 12 heteroatoms. The summed E-state index contributed by atoms with van der Waals surface area (Å²) in [5.41, 5.74) is 20.0. The normalized spacial score (nSPS) is 14.7. The molecule has 0 aliphatic carbocycles. The van der Waals surface area contributed by atoms with Gasteiger partial charge >= 0.3 is 0 Å². The fourth-order valence-corrected chi connectivity index (χ4v) is 6.59. The molecule has 3 aromatic carbocycles. The zero-order chi connectivity index (χ0) is 40.5. The molecule has 0 saturated heterocycles. The van der Waals surface area contributed by atoms with Crippen molar-refractivity contribution in [1.82, 2.24) is 16.0 Å². The smallest absolute Gasteiger partial charge is 0.244 e. The van der Waals surface area contributed by atoms with Crippen LogP contribution < -0.4 is 49.1 Å². The highest BCUT2D eigenvalue weighted by Crippen LogP contribution is 2.34. The number of nitrogens with two attached hydrogens (primary N) is 3. The largest absolute Gasteiger partial charge is 0.330 e. The standard InChI is InChI=1S/C43H67N9O3/c1-41(47-4,25-7-10-28-44)38(53)50-34-19-13-31(14-20-34)37(32-15-21-35(22-16-32)51-39(54)42(2,48-5)26-8-11-29-45)33-17-23-36(24-18-33)52-40(55)43(3,49-6)27-9-12-30-46/h13-24,37,47-49H,7-12,25-30,44-46H2,1-6H3,(H,50,53)(H,51,54)(H,52,55)/t41-,42-,43-/m0/s1. The number of nitrogens with one attached hydrogen (secondary N) is 6. The van der Waals surface area contributed by atoms with Crippen LogP contribution in [0.25, 0.3) is 0 Å². The van der Waals surface area contributed by atoms with Crippen LogP contribution in [0.3, 0.4) is 0 Å². The third-order valence-corrected chi connectivity index (χ3v) is 11.1. The summed E-state index contributed by atoms with van der Waals surface area (Å²) in [7, 11) is 5.40. The van der Waals surface area contributed by atoms with E-state index in [1.807, 2.05) is 93.6 Å². The molecule has 0 saturated carbocycles. The monoisotopic (exact) mass is 758 g/mol. The van der Waals surface area contributed by atoms with Gasteiger partial charge in [-0.2, -0.15) is 0 Å². The van der Waals surface area contributed by atoms with Gasteiger partial charge in [-0.3, -0.25) is 14.4 Å². The van der Waals surface area contributed by atoms with E-state index in [4.69, 9.17) is 17.2 Å². The first kappa shape index (κ1) is 45.2. The molecular weight excluding hydrogens is 691 g/mol. The van der Waals surface area contributed by atoms with Crippen LogP contribution in [0.4, 0.5) is 17.1 Å². The van der Waals surface area contributed by atoms with Crippen molar-refractivity contribution in [3.8, 4) is 0 Å². The van der Waals surface area contributed by atoms with Gasteiger partial charge in [0.1, 0.15) is 0 Å². The summed E-state index contributed by atoms with van der Waals surface area (Å²) in [6.45, 7) is 7.50. The van der Waals surface area contributed by atoms with Crippen LogP contribution in [-0.2, 0) is 14.4 Å². The molecule has 12 N–H and O–H groups in total. The molecule has 12 nitrogen and oxygen atoms in total. The van der Waals surface area contributed by atoms with Gasteiger partial charge in [-0.1, -0.05) is 36.4 Å². The SMILES string of the molecule is CN[C@@](C)(CCCCN)C(=O)Nc1ccc(C(c2ccc(NC(=O)[C@](C)(CCCCN)NC)cc2)c2ccc(NC(=O)[C@](C)(CCCCN)NC)cc2)cc1. The van der Waals surface area contributed by atoms with E-state index in [2.05, 4.69) is 31.9 Å². The number of unbranched alkanes of at least 4 members (excludes halogenated alkanes) is 3. The Morgan fingerprint density at radius 1 is 0.455 bits per heavy atom. The lowest BCUT2D eigenvalue weighted by molar-refractivity contribution is -0.122. The van der Waals surface area contributed by atoms with Crippen molar-refractivity contribution in [2.24, 2.45) is 17.2 Å². The first-order chi connectivity index (χ1) is 26.3. The van der Waals surface area contributed by atoms with E-state index in [-0.39, 0.29) is 23.6 Å². The first-order valence-electron chi connectivity index (χ1n) is 19.7. The van der Waals surface area contributed by atoms with Gasteiger partial charge in [-0.05, 0) is 172 Å². The van der Waals surface area contributed by atoms with Crippen molar-refractivity contribution < 1.29 is 14.4 Å². The van der Waals surface area contributed by atoms with E-state index < -0.39 is 16.6 Å². The Bertz CT molecular complexity index is 1440. The zero-order valence-electron chi connectivity index (χ0n) is 33.9. The predicted octanol–water partition coefficient (Wildman–Crippen LogP) is 5.00. The van der Waals surface area contributed by atoms with Gasteiger partial charge in [0.15, 0.2) is 0 Å². The van der Waals surface area contributed by atoms with Gasteiger partial charge < -0.3 is 49.1 Å². The minimum Gasteiger partial charge on any atom is -0.330 e. The number of amides is 3. The van der Waals surface area contributed by atoms with E-state index in [0.29, 0.717) is 56.0 Å². The van der Waals surface area contributed by atoms with Crippen LogP contribution in [0.1, 0.15) is 101 Å². The Morgan fingerprint density at radius 2 is 0.691 bits per heavy atom. The summed E-state index contributed by atoms with van der Waals surface area (Å²) in [4.78, 5) is 40.0. The number of carbonyl (C=O) groups excluding carboxylic acids is 3. The lowest BCUT2D eigenvalue weighted by Crippen LogP contribution is -2.50. The summed E-state index contributed by atoms with van der Waals surface area (Å²) in [6, 6.07) is 23.7. The van der Waals surface area contributed by atoms with Gasteiger partial charge in [0, 0.05) is 23.0 Å². The highest BCUT2D eigenvalue weighted by molar-refractivity contribution is 5.99. The van der Waals surface area contributed by atoms with Crippen LogP contribution in [-0.4, -0.2) is 75.1 Å². The van der Waals surface area contributed by atoms with Gasteiger partial charge in [-0.15, -0.1) is 0 Å². The van der Waals surface area contributed by atoms with Crippen LogP contribution in [0.5, 0.6) is 0 Å². The highest BCUT2D eigenvalue weighted by atomic mass is 16.2. The molecule has 0 spiro atoms. The lowest BCUT2D eigenvalue weighted by Gasteiger charge is -2.28. The number of hydrogen-bond acceptors (Lipinski definition) is 9. The van der Waals surface area contributed by atoms with Crippen molar-refractivity contribution in [3.05, 3.63) is 89.5 Å². The zero-order valence-corrected chi connectivity index (χ0v) is 33.9. The molecule has 55 heavy (non-hydrogen) atoms. The first-order valence-corrected chi connectivity index (χ1v) is 19.7. The van der Waals surface area contributed by atoms with Crippen LogP contribution >= 0.6 is 0 Å². The molecular formula is C43H67N9O3. The third-order valence-electron chi connectivity index (χ3n) is 11.1. The maximum Gasteiger partial charge on any atom is 0.244 e. The number of carbonyl (C=O) groups is 3. The molecule has 0 radical (unpaired) electrons. The Kier molecular flexibility index (Phi) is 17.9. The molecule has 0 unspecified atom stereocenters. The number of benzene rings is 3. The lowest BCUT2D eigenvalue weighted by atomic mass is 9.85. The number of rotatable bonds is 24. The van der Waals surface area contributed by atoms with Gasteiger partial charge in [0.05, 0.1) is 16.6 Å². The second kappa shape index (κ2) is 21.8. The number of anilines is 3. The molecule has 0 heterocycles. The van der Waals surface area contributed by atoms with Crippen molar-refractivity contribution in [2.45, 2.75) is 101 Å². The van der Waals surface area contributed by atoms with Gasteiger partial charge in [0.25, 0.3) is 0 Å². The van der Waals surface area contributed by atoms with Crippen molar-refractivity contribution >= 4 is 34.8 Å². The third kappa shape index (κ3) is 12.7. The Balaban J connectivity index is 1.92. The van der Waals surface area contributed by atoms with Crippen LogP contribution in [0.2, 0.25) is 0 Å². The Hall–Kier alpha value is -4.17. The fourth-order valence-electron chi connectivity index (χ4n) is 6.59. The average Bonchev–Trinajstić information content (AvgIpc) is 3.19. The minimum atomic E-state index is -0.727. The quantitative estimate of drug-likeness (QED) is 0.0445. The molecule has 0 bridgehead atoms. The molecule has 0 fully saturated rings. The molecule has 3 atom stereocenters. The van der Waals surface area contributed by atoms with E-state index in [1.165, 1.54) is 0 Å². The fraction of sp³-hybridized carbons (Fsp3) is 0.512. The van der Waals surface area contributed by atoms with Crippen molar-refractivity contribution in [3.63, 3.8) is 0 Å². The summed E-state index contributed by atoms with van der Waals surface area (Å²) in [6.07, 6.45) is 7.13. The summed E-state index contributed by atoms with van der Waals surface area (Å²) >= 11 is 0. The molecule has 0 aliphatic rings. The van der Waals surface area contributed by atoms with Crippen LogP contribution in [0, 0.1) is 0 Å². The number of hydrogen-bond donors (Lipinski definition) is 9. The van der Waals surface area contributed by atoms with Crippen molar-refractivity contribution in [1.29, 1.82) is 0 Å². The average molecular weight is 758 g/mol. The summed E-state index contributed by atoms with van der Waals surface area (Å²) in [5, 5.41) is 18.8. The molecule has 3 amide bonds. The highest BCUT2D eigenvalue weighted by Gasteiger charge is 2.33. The minimum absolute atomic E-state index is 0.103. The Labute approximate surface area is 328 Å². The van der Waals surface area contributed by atoms with E-state index >= 15 is 0 Å². The predicted molar refractivity (Wildman–Crippen MR) is 227 cm³/mol.